The summed E-state index contributed by atoms with van der Waals surface area (Å²) >= 11 is 0. The van der Waals surface area contributed by atoms with Gasteiger partial charge in [0.05, 0.1) is 0 Å². The third kappa shape index (κ3) is 3.33. The van der Waals surface area contributed by atoms with Crippen LogP contribution < -0.4 is 0 Å². The van der Waals surface area contributed by atoms with E-state index in [9.17, 15) is 0 Å². The maximum atomic E-state index is 4.89. The van der Waals surface area contributed by atoms with Crippen LogP contribution in [0.1, 0.15) is 0 Å². The van der Waals surface area contributed by atoms with Gasteiger partial charge in [-0.3, -0.25) is 4.98 Å². The predicted molar refractivity (Wildman–Crippen MR) is 135 cm³/mol. The Labute approximate surface area is 194 Å². The zero-order valence-corrected chi connectivity index (χ0v) is 19.3. The maximum Gasteiger partial charge on any atom is 0.165 e. The van der Waals surface area contributed by atoms with E-state index >= 15 is 0 Å². The number of pyridine rings is 1. The number of benzene rings is 3. The third-order valence-electron chi connectivity index (χ3n) is 6.10. The molecule has 0 radical (unpaired) electrons. The van der Waals surface area contributed by atoms with Crippen LogP contribution in [0.5, 0.6) is 0 Å². The third-order valence-corrected chi connectivity index (χ3v) is 9.00. The fourth-order valence-electron chi connectivity index (χ4n) is 4.40. The molecule has 0 fully saturated rings. The summed E-state index contributed by atoms with van der Waals surface area (Å²) in [6, 6.07) is 29.3. The van der Waals surface area contributed by atoms with Gasteiger partial charge in [-0.15, -0.1) is 0 Å². The van der Waals surface area contributed by atoms with Crippen molar-refractivity contribution in [2.45, 2.75) is 9.79 Å². The molecule has 0 spiro atoms. The quantitative estimate of drug-likeness (QED) is 0.308. The molecule has 0 aliphatic carbocycles. The Morgan fingerprint density at radius 1 is 0.545 bits per heavy atom. The van der Waals surface area contributed by atoms with Gasteiger partial charge in [-0.25, -0.2) is 15.0 Å². The first kappa shape index (κ1) is 19.8. The van der Waals surface area contributed by atoms with E-state index in [0.29, 0.717) is 17.5 Å². The number of aromatic nitrogens is 4. The van der Waals surface area contributed by atoms with Crippen molar-refractivity contribution in [3.63, 3.8) is 0 Å². The standard InChI is InChI=1S/C28H22N4S/c1-33(2)24-13-7-6-12-22(24)23-15-14-20(17-25(23)33)27-30-26(19-9-4-3-5-10-19)31-28(32-27)21-11-8-16-29-18-21/h3-18H,1-2H3. The van der Waals surface area contributed by atoms with Crippen LogP contribution in [-0.2, 0) is 0 Å². The van der Waals surface area contributed by atoms with Crippen molar-refractivity contribution in [2.75, 3.05) is 12.5 Å². The molecule has 0 saturated heterocycles. The minimum atomic E-state index is -1.10. The largest absolute Gasteiger partial charge is 0.264 e. The Hall–Kier alpha value is -3.83. The van der Waals surface area contributed by atoms with E-state index in [1.54, 1.807) is 12.4 Å². The Bertz CT molecular complexity index is 1420. The summed E-state index contributed by atoms with van der Waals surface area (Å²) in [5.41, 5.74) is 5.51. The Morgan fingerprint density at radius 2 is 1.18 bits per heavy atom. The summed E-state index contributed by atoms with van der Waals surface area (Å²) in [6.07, 6.45) is 8.28. The molecule has 0 amide bonds. The second kappa shape index (κ2) is 7.64. The molecular formula is C28H22N4S. The van der Waals surface area contributed by atoms with E-state index in [4.69, 9.17) is 15.0 Å². The number of rotatable bonds is 3. The molecule has 5 heteroatoms. The average Bonchev–Trinajstić information content (AvgIpc) is 3.11. The van der Waals surface area contributed by atoms with E-state index in [1.165, 1.54) is 20.9 Å². The van der Waals surface area contributed by atoms with Crippen LogP contribution in [0.15, 0.2) is 107 Å². The van der Waals surface area contributed by atoms with E-state index in [2.05, 4.69) is 60.0 Å². The van der Waals surface area contributed by atoms with Crippen LogP contribution in [0.3, 0.4) is 0 Å². The van der Waals surface area contributed by atoms with Crippen molar-refractivity contribution >= 4 is 10.0 Å². The monoisotopic (exact) mass is 446 g/mol. The number of fused-ring (bicyclic) bond motifs is 3. The van der Waals surface area contributed by atoms with Gasteiger partial charge in [-0.1, -0.05) is 60.7 Å². The SMILES string of the molecule is CS1(C)c2ccccc2-c2ccc(-c3nc(-c4ccccc4)nc(-c4cccnc4)n3)cc21. The molecule has 0 bridgehead atoms. The average molecular weight is 447 g/mol. The van der Waals surface area contributed by atoms with Crippen molar-refractivity contribution in [1.29, 1.82) is 0 Å². The van der Waals surface area contributed by atoms with Gasteiger partial charge < -0.3 is 0 Å². The number of hydrogen-bond donors (Lipinski definition) is 0. The normalized spacial score (nSPS) is 14.4. The van der Waals surface area contributed by atoms with Crippen molar-refractivity contribution in [3.8, 4) is 45.3 Å². The number of nitrogens with zero attached hydrogens (tertiary/aromatic N) is 4. The molecule has 0 unspecified atom stereocenters. The summed E-state index contributed by atoms with van der Waals surface area (Å²) in [7, 11) is -1.10. The highest BCUT2D eigenvalue weighted by Crippen LogP contribution is 2.67. The molecule has 0 atom stereocenters. The predicted octanol–water partition coefficient (Wildman–Crippen LogP) is 6.73. The highest BCUT2D eigenvalue weighted by Gasteiger charge is 2.31. The lowest BCUT2D eigenvalue weighted by atomic mass is 10.0. The molecule has 33 heavy (non-hydrogen) atoms. The summed E-state index contributed by atoms with van der Waals surface area (Å²) in [6.45, 7) is 0. The molecule has 1 aliphatic heterocycles. The molecule has 6 rings (SSSR count). The first-order chi connectivity index (χ1) is 16.1. The Kier molecular flexibility index (Phi) is 4.59. The molecule has 4 nitrogen and oxygen atoms in total. The minimum absolute atomic E-state index is 0.627. The van der Waals surface area contributed by atoms with Crippen molar-refractivity contribution in [3.05, 3.63) is 97.3 Å². The van der Waals surface area contributed by atoms with Crippen LogP contribution in [0, 0.1) is 0 Å². The van der Waals surface area contributed by atoms with Gasteiger partial charge in [-0.2, -0.15) is 10.0 Å². The zero-order chi connectivity index (χ0) is 22.4. The Morgan fingerprint density at radius 3 is 1.94 bits per heavy atom. The first-order valence-electron chi connectivity index (χ1n) is 10.8. The first-order valence-corrected chi connectivity index (χ1v) is 13.3. The lowest BCUT2D eigenvalue weighted by Crippen LogP contribution is -2.01. The highest BCUT2D eigenvalue weighted by molar-refractivity contribution is 8.33. The molecule has 3 heterocycles. The molecule has 5 aromatic rings. The lowest BCUT2D eigenvalue weighted by Gasteiger charge is -2.28. The van der Waals surface area contributed by atoms with E-state index < -0.39 is 10.0 Å². The molecule has 0 N–H and O–H groups in total. The zero-order valence-electron chi connectivity index (χ0n) is 18.4. The maximum absolute atomic E-state index is 4.89. The molecule has 3 aromatic carbocycles. The van der Waals surface area contributed by atoms with Crippen molar-refractivity contribution in [1.82, 2.24) is 19.9 Å². The van der Waals surface area contributed by atoms with Crippen molar-refractivity contribution in [2.24, 2.45) is 0 Å². The van der Waals surface area contributed by atoms with E-state index in [-0.39, 0.29) is 0 Å². The molecular weight excluding hydrogens is 424 g/mol. The minimum Gasteiger partial charge on any atom is -0.264 e. The second-order valence-corrected chi connectivity index (χ2v) is 12.0. The topological polar surface area (TPSA) is 51.6 Å². The van der Waals surface area contributed by atoms with Gasteiger partial charge in [0.2, 0.25) is 0 Å². The van der Waals surface area contributed by atoms with Crippen LogP contribution in [0.25, 0.3) is 45.3 Å². The van der Waals surface area contributed by atoms with Gasteiger partial charge in [0, 0.05) is 38.9 Å². The van der Waals surface area contributed by atoms with Crippen LogP contribution in [0.4, 0.5) is 0 Å². The van der Waals surface area contributed by atoms with Crippen LogP contribution in [0.2, 0.25) is 0 Å². The Balaban J connectivity index is 1.54. The smallest absolute Gasteiger partial charge is 0.165 e. The highest BCUT2D eigenvalue weighted by atomic mass is 32.3. The summed E-state index contributed by atoms with van der Waals surface area (Å²) in [5.74, 6) is 1.97. The van der Waals surface area contributed by atoms with Gasteiger partial charge in [0.15, 0.2) is 17.5 Å². The van der Waals surface area contributed by atoms with Crippen molar-refractivity contribution < 1.29 is 0 Å². The molecule has 1 aliphatic rings. The summed E-state index contributed by atoms with van der Waals surface area (Å²) in [4.78, 5) is 21.6. The number of hydrogen-bond acceptors (Lipinski definition) is 4. The lowest BCUT2D eigenvalue weighted by molar-refractivity contribution is 1.07. The second-order valence-electron chi connectivity index (χ2n) is 8.45. The van der Waals surface area contributed by atoms with E-state index in [0.717, 1.165) is 16.7 Å². The fourth-order valence-corrected chi connectivity index (χ4v) is 6.94. The molecule has 0 saturated carbocycles. The van der Waals surface area contributed by atoms with Crippen LogP contribution in [-0.4, -0.2) is 32.4 Å². The molecule has 160 valence electrons. The van der Waals surface area contributed by atoms with Gasteiger partial charge in [0.1, 0.15) is 0 Å². The van der Waals surface area contributed by atoms with Gasteiger partial charge in [0.25, 0.3) is 0 Å². The summed E-state index contributed by atoms with van der Waals surface area (Å²) in [5, 5.41) is 0. The molecule has 2 aromatic heterocycles. The fraction of sp³-hybridized carbons (Fsp3) is 0.0714. The van der Waals surface area contributed by atoms with E-state index in [1.807, 2.05) is 42.5 Å². The van der Waals surface area contributed by atoms with Gasteiger partial charge in [-0.05, 0) is 47.9 Å². The van der Waals surface area contributed by atoms with Gasteiger partial charge >= 0.3 is 0 Å². The summed E-state index contributed by atoms with van der Waals surface area (Å²) < 4.78 is 0. The van der Waals surface area contributed by atoms with Crippen LogP contribution >= 0.6 is 10.0 Å².